The van der Waals surface area contributed by atoms with Gasteiger partial charge in [0.2, 0.25) is 5.91 Å². The lowest BCUT2D eigenvalue weighted by Gasteiger charge is -2.51. The molecule has 172 valence electrons. The first-order valence-electron chi connectivity index (χ1n) is 10.4. The first-order valence-corrected chi connectivity index (χ1v) is 10.4. The van der Waals surface area contributed by atoms with Gasteiger partial charge in [-0.15, -0.1) is 0 Å². The van der Waals surface area contributed by atoms with Crippen LogP contribution in [0.3, 0.4) is 0 Å². The topological polar surface area (TPSA) is 82.7 Å². The predicted molar refractivity (Wildman–Crippen MR) is 116 cm³/mol. The highest BCUT2D eigenvalue weighted by Gasteiger charge is 2.47. The Hall–Kier alpha value is -3.53. The number of carbonyl (C=O) groups is 2. The summed E-state index contributed by atoms with van der Waals surface area (Å²) < 4.78 is 45.8. The molecule has 3 aliphatic heterocycles. The predicted octanol–water partition coefficient (Wildman–Crippen LogP) is 3.83. The molecule has 7 nitrogen and oxygen atoms in total. The second-order valence-corrected chi connectivity index (χ2v) is 8.64. The fourth-order valence-electron chi connectivity index (χ4n) is 4.68. The summed E-state index contributed by atoms with van der Waals surface area (Å²) in [6.45, 7) is 1.37. The number of ether oxygens (including phenoxy) is 1. The number of hydrogen-bond acceptors (Lipinski definition) is 4. The molecule has 0 aromatic heterocycles. The van der Waals surface area contributed by atoms with Crippen LogP contribution in [0.1, 0.15) is 23.1 Å². The quantitative estimate of drug-likeness (QED) is 0.598. The van der Waals surface area contributed by atoms with Gasteiger partial charge in [-0.2, -0.15) is 13.2 Å². The molecule has 3 aliphatic rings. The fraction of sp³-hybridized carbons (Fsp3) is 0.304. The monoisotopic (exact) mass is 458 g/mol. The number of amides is 3. The van der Waals surface area contributed by atoms with E-state index in [1.54, 1.807) is 18.2 Å². The summed E-state index contributed by atoms with van der Waals surface area (Å²) in [5.41, 5.74) is 1.53. The molecule has 0 unspecified atom stereocenters. The van der Waals surface area contributed by atoms with E-state index in [9.17, 15) is 22.8 Å². The Labute approximate surface area is 187 Å². The highest BCUT2D eigenvalue weighted by Crippen LogP contribution is 2.46. The largest absolute Gasteiger partial charge is 0.484 e. The molecule has 1 fully saturated rings. The van der Waals surface area contributed by atoms with Gasteiger partial charge in [0.05, 0.1) is 5.56 Å². The van der Waals surface area contributed by atoms with Crippen LogP contribution < -0.4 is 20.7 Å². The fourth-order valence-corrected chi connectivity index (χ4v) is 4.68. The molecule has 0 saturated carbocycles. The molecular weight excluding hydrogens is 437 g/mol. The van der Waals surface area contributed by atoms with Gasteiger partial charge in [-0.05, 0) is 36.9 Å². The van der Waals surface area contributed by atoms with Crippen LogP contribution in [0.25, 0.3) is 5.57 Å². The highest BCUT2D eigenvalue weighted by molar-refractivity contribution is 6.06. The van der Waals surface area contributed by atoms with Crippen LogP contribution in [0, 0.1) is 0 Å². The number of rotatable bonds is 2. The Morgan fingerprint density at radius 3 is 2.76 bits per heavy atom. The number of nitrogens with one attached hydrogen (secondary N) is 3. The first-order chi connectivity index (χ1) is 15.6. The molecule has 2 aromatic carbocycles. The highest BCUT2D eigenvalue weighted by atomic mass is 19.4. The molecule has 3 amide bonds. The van der Waals surface area contributed by atoms with Gasteiger partial charge in [-0.25, -0.2) is 4.79 Å². The van der Waals surface area contributed by atoms with E-state index in [1.807, 2.05) is 11.9 Å². The smallest absolute Gasteiger partial charge is 0.416 e. The van der Waals surface area contributed by atoms with Gasteiger partial charge in [-0.3, -0.25) is 9.69 Å². The minimum atomic E-state index is -4.49. The van der Waals surface area contributed by atoms with Crippen molar-refractivity contribution in [1.29, 1.82) is 0 Å². The summed E-state index contributed by atoms with van der Waals surface area (Å²) in [5.74, 6) is -0.280. The number of alkyl halides is 3. The number of halogens is 3. The number of nitrogens with zero attached hydrogens (tertiary/aromatic N) is 1. The Balaban J connectivity index is 1.46. The number of urea groups is 1. The van der Waals surface area contributed by atoms with Crippen LogP contribution in [-0.2, 0) is 17.5 Å². The maximum atomic E-state index is 13.2. The molecule has 0 aliphatic carbocycles. The third kappa shape index (κ3) is 4.02. The average Bonchev–Trinajstić information content (AvgIpc) is 2.71. The van der Waals surface area contributed by atoms with E-state index >= 15 is 0 Å². The number of hydrogen-bond donors (Lipinski definition) is 3. The SMILES string of the molecule is CN1CC2(CC(=CC(=O)Nc3cccc4c3CNC(=O)N4)c3ccc(C(F)(F)F)cc3O2)C1. The van der Waals surface area contributed by atoms with Crippen molar-refractivity contribution >= 4 is 28.9 Å². The zero-order valence-electron chi connectivity index (χ0n) is 17.7. The maximum absolute atomic E-state index is 13.2. The number of benzene rings is 2. The molecule has 10 heteroatoms. The Kier molecular flexibility index (Phi) is 4.86. The molecule has 33 heavy (non-hydrogen) atoms. The number of anilines is 2. The van der Waals surface area contributed by atoms with Gasteiger partial charge in [0.15, 0.2) is 0 Å². The molecular formula is C23H21F3N4O3. The molecule has 0 atom stereocenters. The van der Waals surface area contributed by atoms with Crippen molar-refractivity contribution in [3.05, 3.63) is 59.2 Å². The minimum absolute atomic E-state index is 0.132. The third-order valence-corrected chi connectivity index (χ3v) is 6.02. The van der Waals surface area contributed by atoms with Gasteiger partial charge in [0.1, 0.15) is 11.4 Å². The molecule has 3 heterocycles. The van der Waals surface area contributed by atoms with Crippen molar-refractivity contribution in [1.82, 2.24) is 10.2 Å². The molecule has 0 bridgehead atoms. The van der Waals surface area contributed by atoms with Gasteiger partial charge in [0, 0.05) is 54.6 Å². The van der Waals surface area contributed by atoms with E-state index in [0.717, 1.165) is 17.7 Å². The summed E-state index contributed by atoms with van der Waals surface area (Å²) in [6, 6.07) is 8.23. The van der Waals surface area contributed by atoms with Crippen molar-refractivity contribution in [2.24, 2.45) is 0 Å². The first kappa shape index (κ1) is 21.3. The summed E-state index contributed by atoms with van der Waals surface area (Å²) in [7, 11) is 1.90. The second kappa shape index (κ2) is 7.51. The summed E-state index contributed by atoms with van der Waals surface area (Å²) in [5, 5.41) is 8.18. The van der Waals surface area contributed by atoms with E-state index in [0.29, 0.717) is 42.0 Å². The Bertz CT molecular complexity index is 1190. The van der Waals surface area contributed by atoms with E-state index < -0.39 is 23.2 Å². The van der Waals surface area contributed by atoms with E-state index in [1.165, 1.54) is 12.1 Å². The number of carbonyl (C=O) groups excluding carboxylic acids is 2. The normalized spacial score (nSPS) is 20.1. The van der Waals surface area contributed by atoms with Crippen LogP contribution in [0.2, 0.25) is 0 Å². The minimum Gasteiger partial charge on any atom is -0.484 e. The zero-order valence-corrected chi connectivity index (χ0v) is 17.7. The summed E-state index contributed by atoms with van der Waals surface area (Å²) >= 11 is 0. The molecule has 0 radical (unpaired) electrons. The zero-order chi connectivity index (χ0) is 23.4. The molecule has 3 N–H and O–H groups in total. The van der Waals surface area contributed by atoms with Crippen LogP contribution in [0.15, 0.2) is 42.5 Å². The van der Waals surface area contributed by atoms with E-state index in [-0.39, 0.29) is 18.3 Å². The lowest BCUT2D eigenvalue weighted by Crippen LogP contribution is -2.64. The molecule has 5 rings (SSSR count). The lowest BCUT2D eigenvalue weighted by molar-refractivity contribution is -0.138. The van der Waals surface area contributed by atoms with Crippen molar-refractivity contribution < 1.29 is 27.5 Å². The van der Waals surface area contributed by atoms with Gasteiger partial charge in [0.25, 0.3) is 0 Å². The second-order valence-electron chi connectivity index (χ2n) is 8.64. The summed E-state index contributed by atoms with van der Waals surface area (Å²) in [6.07, 6.45) is -2.66. The molecule has 2 aromatic rings. The third-order valence-electron chi connectivity index (χ3n) is 6.02. The molecule has 1 saturated heterocycles. The van der Waals surface area contributed by atoms with Gasteiger partial charge >= 0.3 is 12.2 Å². The lowest BCUT2D eigenvalue weighted by atomic mass is 9.81. The van der Waals surface area contributed by atoms with E-state index in [2.05, 4.69) is 16.0 Å². The standard InChI is InChI=1S/C23H21F3N4O3/c1-30-11-22(12-30)9-13(15-6-5-14(23(24,25)26)8-19(15)33-22)7-20(31)28-17-3-2-4-18-16(17)10-27-21(32)29-18/h2-8H,9-12H2,1H3,(H,28,31)(H2,27,29,32). The van der Waals surface area contributed by atoms with Crippen LogP contribution in [0.4, 0.5) is 29.3 Å². The number of likely N-dealkylation sites (N-methyl/N-ethyl adjacent to an activating group) is 1. The van der Waals surface area contributed by atoms with Crippen molar-refractivity contribution in [2.75, 3.05) is 30.8 Å². The van der Waals surface area contributed by atoms with Crippen LogP contribution >= 0.6 is 0 Å². The Morgan fingerprint density at radius 1 is 1.24 bits per heavy atom. The Morgan fingerprint density at radius 2 is 2.03 bits per heavy atom. The number of likely N-dealkylation sites (tertiary alicyclic amines) is 1. The van der Waals surface area contributed by atoms with Crippen molar-refractivity contribution in [3.63, 3.8) is 0 Å². The van der Waals surface area contributed by atoms with Crippen LogP contribution in [0.5, 0.6) is 5.75 Å². The molecule has 1 spiro atoms. The maximum Gasteiger partial charge on any atom is 0.416 e. The van der Waals surface area contributed by atoms with E-state index in [4.69, 9.17) is 4.74 Å². The average molecular weight is 458 g/mol. The van der Waals surface area contributed by atoms with Gasteiger partial charge < -0.3 is 20.7 Å². The van der Waals surface area contributed by atoms with Gasteiger partial charge in [-0.1, -0.05) is 12.1 Å². The van der Waals surface area contributed by atoms with Crippen molar-refractivity contribution in [2.45, 2.75) is 24.7 Å². The summed E-state index contributed by atoms with van der Waals surface area (Å²) in [4.78, 5) is 26.5. The van der Waals surface area contributed by atoms with Crippen molar-refractivity contribution in [3.8, 4) is 5.75 Å². The van der Waals surface area contributed by atoms with Crippen LogP contribution in [-0.4, -0.2) is 42.6 Å². The number of fused-ring (bicyclic) bond motifs is 2.